The molecular formula is C13H15F3O5. The van der Waals surface area contributed by atoms with E-state index in [1.807, 2.05) is 0 Å². The van der Waals surface area contributed by atoms with Crippen LogP contribution in [0.1, 0.15) is 25.0 Å². The third-order valence-corrected chi connectivity index (χ3v) is 2.57. The van der Waals surface area contributed by atoms with Gasteiger partial charge in [-0.25, -0.2) is 4.39 Å². The molecule has 0 bridgehead atoms. The van der Waals surface area contributed by atoms with E-state index < -0.39 is 48.3 Å². The predicted octanol–water partition coefficient (Wildman–Crippen LogP) is 1.77. The first-order valence-electron chi connectivity index (χ1n) is 6.11. The smallest absolute Gasteiger partial charge is 0.387 e. The fourth-order valence-electron chi connectivity index (χ4n) is 1.70. The topological polar surface area (TPSA) is 76.0 Å². The fraction of sp³-hybridized carbons (Fsp3) is 0.462. The lowest BCUT2D eigenvalue weighted by molar-refractivity contribution is -0.147. The number of carbonyl (C=O) groups is 1. The molecule has 0 aliphatic heterocycles. The van der Waals surface area contributed by atoms with Crippen molar-refractivity contribution in [3.8, 4) is 5.75 Å². The van der Waals surface area contributed by atoms with Crippen LogP contribution in [0.15, 0.2) is 18.2 Å². The molecule has 2 unspecified atom stereocenters. The second-order valence-electron chi connectivity index (χ2n) is 4.05. The Morgan fingerprint density at radius 1 is 1.33 bits per heavy atom. The van der Waals surface area contributed by atoms with Gasteiger partial charge >= 0.3 is 12.6 Å². The van der Waals surface area contributed by atoms with Crippen molar-refractivity contribution >= 4 is 5.97 Å². The molecule has 5 nitrogen and oxygen atoms in total. The van der Waals surface area contributed by atoms with Crippen LogP contribution in [0.5, 0.6) is 5.75 Å². The molecular weight excluding hydrogens is 293 g/mol. The van der Waals surface area contributed by atoms with Gasteiger partial charge in [0.2, 0.25) is 0 Å². The standard InChI is InChI=1S/C13H15F3O5/c1-2-20-10(18)6-8(17)12(19)11-7(14)4-3-5-9(11)21-13(15)16/h3-5,8,12-13,17,19H,2,6H2,1H3. The maximum Gasteiger partial charge on any atom is 0.387 e. The van der Waals surface area contributed by atoms with Gasteiger partial charge in [-0.05, 0) is 19.1 Å². The monoisotopic (exact) mass is 308 g/mol. The molecule has 1 rings (SSSR count). The lowest BCUT2D eigenvalue weighted by Crippen LogP contribution is -2.24. The van der Waals surface area contributed by atoms with Gasteiger partial charge in [0, 0.05) is 0 Å². The van der Waals surface area contributed by atoms with Crippen molar-refractivity contribution in [1.29, 1.82) is 0 Å². The van der Waals surface area contributed by atoms with Crippen LogP contribution in [0.25, 0.3) is 0 Å². The molecule has 0 saturated heterocycles. The van der Waals surface area contributed by atoms with Gasteiger partial charge in [0.25, 0.3) is 0 Å². The Balaban J connectivity index is 2.94. The van der Waals surface area contributed by atoms with E-state index in [0.717, 1.165) is 18.2 Å². The quantitative estimate of drug-likeness (QED) is 0.751. The normalized spacial score (nSPS) is 13.9. The first-order valence-corrected chi connectivity index (χ1v) is 6.11. The molecule has 0 saturated carbocycles. The molecule has 0 fully saturated rings. The van der Waals surface area contributed by atoms with Gasteiger partial charge in [-0.2, -0.15) is 8.78 Å². The van der Waals surface area contributed by atoms with Gasteiger partial charge in [-0.3, -0.25) is 4.79 Å². The maximum absolute atomic E-state index is 13.7. The van der Waals surface area contributed by atoms with E-state index in [0.29, 0.717) is 0 Å². The Bertz CT molecular complexity index is 481. The highest BCUT2D eigenvalue weighted by Crippen LogP contribution is 2.32. The van der Waals surface area contributed by atoms with Crippen LogP contribution in [0.3, 0.4) is 0 Å². The van der Waals surface area contributed by atoms with Crippen LogP contribution in [0.4, 0.5) is 13.2 Å². The van der Waals surface area contributed by atoms with Crippen molar-refractivity contribution in [2.45, 2.75) is 32.2 Å². The number of benzene rings is 1. The molecule has 8 heteroatoms. The van der Waals surface area contributed by atoms with Gasteiger partial charge in [0.05, 0.1) is 24.7 Å². The van der Waals surface area contributed by atoms with Crippen LogP contribution in [-0.4, -0.2) is 35.5 Å². The number of aliphatic hydroxyl groups is 2. The summed E-state index contributed by atoms with van der Waals surface area (Å²) in [4.78, 5) is 11.2. The largest absolute Gasteiger partial charge is 0.466 e. The first-order chi connectivity index (χ1) is 9.86. The van der Waals surface area contributed by atoms with E-state index in [2.05, 4.69) is 9.47 Å². The lowest BCUT2D eigenvalue weighted by atomic mass is 10.0. The average Bonchev–Trinajstić information content (AvgIpc) is 2.37. The summed E-state index contributed by atoms with van der Waals surface area (Å²) in [7, 11) is 0. The number of esters is 1. The highest BCUT2D eigenvalue weighted by Gasteiger charge is 2.28. The van der Waals surface area contributed by atoms with Crippen LogP contribution in [0, 0.1) is 5.82 Å². The molecule has 21 heavy (non-hydrogen) atoms. The van der Waals surface area contributed by atoms with Gasteiger partial charge in [0.1, 0.15) is 17.7 Å². The zero-order valence-electron chi connectivity index (χ0n) is 11.1. The lowest BCUT2D eigenvalue weighted by Gasteiger charge is -2.20. The van der Waals surface area contributed by atoms with Gasteiger partial charge < -0.3 is 19.7 Å². The number of carbonyl (C=O) groups excluding carboxylic acids is 1. The number of hydrogen-bond acceptors (Lipinski definition) is 5. The van der Waals surface area contributed by atoms with Crippen molar-refractivity contribution in [1.82, 2.24) is 0 Å². The molecule has 0 radical (unpaired) electrons. The molecule has 1 aromatic carbocycles. The number of ether oxygens (including phenoxy) is 2. The Kier molecular flexibility index (Phi) is 6.44. The van der Waals surface area contributed by atoms with E-state index in [1.54, 1.807) is 6.92 Å². The minimum Gasteiger partial charge on any atom is -0.466 e. The van der Waals surface area contributed by atoms with Crippen LogP contribution in [-0.2, 0) is 9.53 Å². The SMILES string of the molecule is CCOC(=O)CC(O)C(O)c1c(F)cccc1OC(F)F. The van der Waals surface area contributed by atoms with Crippen molar-refractivity contribution < 1.29 is 37.7 Å². The molecule has 1 aromatic rings. The van der Waals surface area contributed by atoms with E-state index in [1.165, 1.54) is 0 Å². The summed E-state index contributed by atoms with van der Waals surface area (Å²) in [6.07, 6.45) is -4.25. The zero-order chi connectivity index (χ0) is 16.0. The summed E-state index contributed by atoms with van der Waals surface area (Å²) in [6.45, 7) is -1.60. The number of alkyl halides is 2. The zero-order valence-corrected chi connectivity index (χ0v) is 11.1. The molecule has 2 atom stereocenters. The Morgan fingerprint density at radius 3 is 2.57 bits per heavy atom. The van der Waals surface area contributed by atoms with E-state index >= 15 is 0 Å². The third kappa shape index (κ3) is 4.91. The van der Waals surface area contributed by atoms with Crippen molar-refractivity contribution in [3.63, 3.8) is 0 Å². The minimum absolute atomic E-state index is 0.0705. The summed E-state index contributed by atoms with van der Waals surface area (Å²) in [6, 6.07) is 3.04. The summed E-state index contributed by atoms with van der Waals surface area (Å²) in [5, 5.41) is 19.5. The molecule has 2 N–H and O–H groups in total. The molecule has 0 amide bonds. The predicted molar refractivity (Wildman–Crippen MR) is 65.2 cm³/mol. The molecule has 0 spiro atoms. The Labute approximate surface area is 118 Å². The van der Waals surface area contributed by atoms with Gasteiger partial charge in [0.15, 0.2) is 0 Å². The van der Waals surface area contributed by atoms with Crippen molar-refractivity contribution in [3.05, 3.63) is 29.6 Å². The number of aliphatic hydroxyl groups excluding tert-OH is 2. The third-order valence-electron chi connectivity index (χ3n) is 2.57. The van der Waals surface area contributed by atoms with Crippen molar-refractivity contribution in [2.24, 2.45) is 0 Å². The molecule has 118 valence electrons. The molecule has 0 heterocycles. The van der Waals surface area contributed by atoms with E-state index in [9.17, 15) is 28.2 Å². The van der Waals surface area contributed by atoms with Gasteiger partial charge in [-0.1, -0.05) is 6.07 Å². The summed E-state index contributed by atoms with van der Waals surface area (Å²) in [5.74, 6) is -2.46. The molecule has 0 aliphatic carbocycles. The van der Waals surface area contributed by atoms with Crippen LogP contribution in [0.2, 0.25) is 0 Å². The number of hydrogen-bond donors (Lipinski definition) is 2. The second kappa shape index (κ2) is 7.84. The van der Waals surface area contributed by atoms with Crippen molar-refractivity contribution in [2.75, 3.05) is 6.61 Å². The van der Waals surface area contributed by atoms with E-state index in [4.69, 9.17) is 0 Å². The fourth-order valence-corrected chi connectivity index (χ4v) is 1.70. The average molecular weight is 308 g/mol. The minimum atomic E-state index is -3.22. The summed E-state index contributed by atoms with van der Waals surface area (Å²) >= 11 is 0. The number of rotatable bonds is 7. The highest BCUT2D eigenvalue weighted by molar-refractivity contribution is 5.70. The van der Waals surface area contributed by atoms with E-state index in [-0.39, 0.29) is 6.61 Å². The molecule has 0 aromatic heterocycles. The highest BCUT2D eigenvalue weighted by atomic mass is 19.3. The van der Waals surface area contributed by atoms with Crippen LogP contribution < -0.4 is 4.74 Å². The Hall–Kier alpha value is -1.80. The van der Waals surface area contributed by atoms with Crippen LogP contribution >= 0.6 is 0 Å². The number of halogens is 3. The summed E-state index contributed by atoms with van der Waals surface area (Å²) in [5.41, 5.74) is -0.644. The first kappa shape index (κ1) is 17.3. The maximum atomic E-state index is 13.7. The summed E-state index contributed by atoms with van der Waals surface area (Å²) < 4.78 is 46.8. The molecule has 0 aliphatic rings. The van der Waals surface area contributed by atoms with Gasteiger partial charge in [-0.15, -0.1) is 0 Å². The second-order valence-corrected chi connectivity index (χ2v) is 4.05. The Morgan fingerprint density at radius 2 is 2.00 bits per heavy atom.